The molecule has 3 aromatic heterocycles. The van der Waals surface area contributed by atoms with Gasteiger partial charge in [0, 0.05) is 59.7 Å². The Labute approximate surface area is 371 Å². The first kappa shape index (κ1) is 38.3. The zero-order valence-corrected chi connectivity index (χ0v) is 36.0. The van der Waals surface area contributed by atoms with Crippen molar-refractivity contribution in [3.8, 4) is 50.6 Å². The smallest absolute Gasteiger partial charge is 0.235 e. The highest BCUT2D eigenvalue weighted by molar-refractivity contribution is 7.25. The molecule has 0 N–H and O–H groups in total. The maximum absolute atomic E-state index is 5.46. The van der Waals surface area contributed by atoms with Crippen molar-refractivity contribution in [1.82, 2.24) is 14.5 Å². The number of thiophene rings is 1. The molecule has 0 saturated carbocycles. The van der Waals surface area contributed by atoms with Crippen molar-refractivity contribution in [2.45, 2.75) is 20.3 Å². The number of allylic oxidation sites excluding steroid dienone is 3. The molecule has 63 heavy (non-hydrogen) atoms. The van der Waals surface area contributed by atoms with Gasteiger partial charge in [-0.05, 0) is 75.4 Å². The minimum Gasteiger partial charge on any atom is -0.281 e. The van der Waals surface area contributed by atoms with E-state index in [2.05, 4.69) is 217 Å². The van der Waals surface area contributed by atoms with Crippen molar-refractivity contribution in [1.29, 1.82) is 0 Å². The van der Waals surface area contributed by atoms with Crippen molar-refractivity contribution in [2.24, 2.45) is 0 Å². The largest absolute Gasteiger partial charge is 0.281 e. The highest BCUT2D eigenvalue weighted by Crippen LogP contribution is 2.42. The molecular formula is C59H43N3S. The molecule has 0 atom stereocenters. The molecule has 0 bridgehead atoms. The van der Waals surface area contributed by atoms with Crippen LogP contribution in [0.1, 0.15) is 30.7 Å². The summed E-state index contributed by atoms with van der Waals surface area (Å²) in [6.07, 6.45) is 7.62. The van der Waals surface area contributed by atoms with E-state index in [1.54, 1.807) is 0 Å². The fourth-order valence-corrected chi connectivity index (χ4v) is 10.3. The normalized spacial score (nSPS) is 12.3. The lowest BCUT2D eigenvalue weighted by molar-refractivity contribution is 0.920. The Morgan fingerprint density at radius 3 is 1.83 bits per heavy atom. The summed E-state index contributed by atoms with van der Waals surface area (Å²) in [4.78, 5) is 10.8. The molecule has 0 radical (unpaired) electrons. The molecule has 4 heteroatoms. The zero-order chi connectivity index (χ0) is 42.3. The average molecular weight is 826 g/mol. The Morgan fingerprint density at radius 1 is 0.460 bits per heavy atom. The van der Waals surface area contributed by atoms with Gasteiger partial charge in [-0.25, -0.2) is 9.97 Å². The quantitative estimate of drug-likeness (QED) is 0.167. The summed E-state index contributed by atoms with van der Waals surface area (Å²) in [5.41, 5.74) is 15.8. The summed E-state index contributed by atoms with van der Waals surface area (Å²) < 4.78 is 4.98. The second-order valence-electron chi connectivity index (χ2n) is 15.7. The van der Waals surface area contributed by atoms with E-state index in [4.69, 9.17) is 9.97 Å². The fourth-order valence-electron chi connectivity index (χ4n) is 9.17. The van der Waals surface area contributed by atoms with Gasteiger partial charge in [-0.1, -0.05) is 190 Å². The van der Waals surface area contributed by atoms with E-state index in [1.807, 2.05) is 25.2 Å². The van der Waals surface area contributed by atoms with Gasteiger partial charge in [0.05, 0.1) is 16.7 Å². The summed E-state index contributed by atoms with van der Waals surface area (Å²) in [5.74, 6) is 0.667. The molecular weight excluding hydrogens is 783 g/mol. The summed E-state index contributed by atoms with van der Waals surface area (Å²) in [5, 5.41) is 4.85. The molecule has 300 valence electrons. The Kier molecular flexibility index (Phi) is 9.91. The standard InChI is InChI=1S/C57H37N3S.C2H6/c1-3-15-37(16-4-1)42-22-13-29-52-50(35-42)48-27-14-26-45(56(48)60(52)57-58-51-28-9-7-25-49(51)55(59-57)38-17-5-2-6-18-38)44-23-12-21-41(34-44)39-19-11-20-40(33-39)43-31-32-47-46-24-8-10-30-53(46)61-54(47)36-43;1-2/h1-28,30-36H,29H2;1-2H3. The average Bonchev–Trinajstić information content (AvgIpc) is 3.80. The molecule has 0 unspecified atom stereocenters. The van der Waals surface area contributed by atoms with Gasteiger partial charge >= 0.3 is 0 Å². The van der Waals surface area contributed by atoms with E-state index >= 15 is 0 Å². The maximum atomic E-state index is 5.46. The third-order valence-corrected chi connectivity index (χ3v) is 13.2. The molecule has 0 saturated heterocycles. The molecule has 3 heterocycles. The number of hydrogen-bond donors (Lipinski definition) is 0. The minimum atomic E-state index is 0.667. The lowest BCUT2D eigenvalue weighted by Crippen LogP contribution is -2.07. The molecule has 0 fully saturated rings. The predicted octanol–water partition coefficient (Wildman–Crippen LogP) is 16.3. The van der Waals surface area contributed by atoms with Crippen molar-refractivity contribution >= 4 is 65.0 Å². The summed E-state index contributed by atoms with van der Waals surface area (Å²) >= 11 is 1.86. The minimum absolute atomic E-state index is 0.667. The summed E-state index contributed by atoms with van der Waals surface area (Å²) in [7, 11) is 0. The van der Waals surface area contributed by atoms with E-state index in [1.165, 1.54) is 70.2 Å². The topological polar surface area (TPSA) is 30.7 Å². The van der Waals surface area contributed by atoms with E-state index in [0.29, 0.717) is 5.95 Å². The van der Waals surface area contributed by atoms with Gasteiger partial charge in [0.25, 0.3) is 0 Å². The van der Waals surface area contributed by atoms with Crippen LogP contribution in [-0.2, 0) is 6.42 Å². The Balaban J connectivity index is 0.00000219. The predicted molar refractivity (Wildman–Crippen MR) is 270 cm³/mol. The fraction of sp³-hybridized carbons (Fsp3) is 0.0508. The second kappa shape index (κ2) is 16.3. The van der Waals surface area contributed by atoms with Gasteiger partial charge in [0.15, 0.2) is 0 Å². The van der Waals surface area contributed by atoms with E-state index < -0.39 is 0 Å². The molecule has 0 aliphatic heterocycles. The lowest BCUT2D eigenvalue weighted by Gasteiger charge is -2.15. The van der Waals surface area contributed by atoms with Crippen LogP contribution in [0.3, 0.4) is 0 Å². The first-order chi connectivity index (χ1) is 31.2. The number of para-hydroxylation sites is 2. The van der Waals surface area contributed by atoms with E-state index in [0.717, 1.165) is 45.2 Å². The van der Waals surface area contributed by atoms with Crippen molar-refractivity contribution in [3.05, 3.63) is 223 Å². The first-order valence-corrected chi connectivity index (χ1v) is 22.6. The number of benzene rings is 8. The van der Waals surface area contributed by atoms with Crippen molar-refractivity contribution in [3.63, 3.8) is 0 Å². The molecule has 11 aromatic rings. The molecule has 1 aliphatic rings. The number of nitrogens with zero attached hydrogens (tertiary/aromatic N) is 3. The molecule has 0 amide bonds. The van der Waals surface area contributed by atoms with Gasteiger partial charge in [-0.15, -0.1) is 11.3 Å². The van der Waals surface area contributed by atoms with Crippen molar-refractivity contribution < 1.29 is 0 Å². The monoisotopic (exact) mass is 825 g/mol. The van der Waals surface area contributed by atoms with E-state index in [9.17, 15) is 0 Å². The van der Waals surface area contributed by atoms with Gasteiger partial charge in [-0.3, -0.25) is 4.57 Å². The Bertz CT molecular complexity index is 3550. The van der Waals surface area contributed by atoms with Crippen LogP contribution in [0.4, 0.5) is 0 Å². The van der Waals surface area contributed by atoms with Gasteiger partial charge in [-0.2, -0.15) is 0 Å². The second-order valence-corrected chi connectivity index (χ2v) is 16.8. The van der Waals surface area contributed by atoms with Crippen LogP contribution in [0.15, 0.2) is 206 Å². The highest BCUT2D eigenvalue weighted by atomic mass is 32.1. The highest BCUT2D eigenvalue weighted by Gasteiger charge is 2.24. The Hall–Kier alpha value is -7.66. The van der Waals surface area contributed by atoms with Crippen LogP contribution < -0.4 is 0 Å². The number of aromatic nitrogens is 3. The number of hydrogen-bond acceptors (Lipinski definition) is 3. The molecule has 12 rings (SSSR count). The molecule has 3 nitrogen and oxygen atoms in total. The van der Waals surface area contributed by atoms with Crippen LogP contribution in [0.5, 0.6) is 0 Å². The third-order valence-electron chi connectivity index (χ3n) is 12.1. The summed E-state index contributed by atoms with van der Waals surface area (Å²) in [6.45, 7) is 4.00. The summed E-state index contributed by atoms with van der Waals surface area (Å²) in [6, 6.07) is 69.8. The third kappa shape index (κ3) is 6.86. The van der Waals surface area contributed by atoms with Crippen molar-refractivity contribution in [2.75, 3.05) is 0 Å². The molecule has 1 aliphatic carbocycles. The molecule has 8 aromatic carbocycles. The van der Waals surface area contributed by atoms with Crippen LogP contribution >= 0.6 is 11.3 Å². The van der Waals surface area contributed by atoms with Crippen LogP contribution in [-0.4, -0.2) is 14.5 Å². The van der Waals surface area contributed by atoms with Crippen LogP contribution in [0.25, 0.3) is 104 Å². The maximum Gasteiger partial charge on any atom is 0.235 e. The Morgan fingerprint density at radius 2 is 1.05 bits per heavy atom. The zero-order valence-electron chi connectivity index (χ0n) is 35.2. The molecule has 0 spiro atoms. The van der Waals surface area contributed by atoms with Gasteiger partial charge in [0.2, 0.25) is 5.95 Å². The lowest BCUT2D eigenvalue weighted by atomic mass is 9.95. The van der Waals surface area contributed by atoms with Gasteiger partial charge in [0.1, 0.15) is 0 Å². The van der Waals surface area contributed by atoms with E-state index in [-0.39, 0.29) is 0 Å². The SMILES string of the molecule is C1=CC(c2ccccc2)=Cc2c(n(-c3nc(-c4ccccc4)c4ccccc4n3)c3c(-c4cccc(-c5cccc(-c6ccc7c(c6)sc6ccccc67)c5)c4)cccc23)C1.CC. The van der Waals surface area contributed by atoms with Crippen LogP contribution in [0, 0.1) is 0 Å². The van der Waals surface area contributed by atoms with Crippen LogP contribution in [0.2, 0.25) is 0 Å². The first-order valence-electron chi connectivity index (χ1n) is 21.8. The number of rotatable bonds is 6. The van der Waals surface area contributed by atoms with Gasteiger partial charge < -0.3 is 0 Å². The number of fused-ring (bicyclic) bond motifs is 7.